The van der Waals surface area contributed by atoms with E-state index in [1.54, 1.807) is 0 Å². The molecule has 0 amide bonds. The molecule has 0 atom stereocenters. The maximum absolute atomic E-state index is 9.32. The topological polar surface area (TPSA) is 25.2 Å². The summed E-state index contributed by atoms with van der Waals surface area (Å²) < 4.78 is 2.05. The van der Waals surface area contributed by atoms with E-state index in [1.807, 2.05) is 42.8 Å². The molecule has 1 aromatic carbocycles. The highest BCUT2D eigenvalue weighted by atomic mass is 35.5. The summed E-state index contributed by atoms with van der Waals surface area (Å²) in [6.45, 7) is 4.86. The Morgan fingerprint density at radius 1 is 1.41 bits per heavy atom. The second-order valence-corrected chi connectivity index (χ2v) is 5.61. The van der Waals surface area contributed by atoms with Gasteiger partial charge in [-0.3, -0.25) is 0 Å². The van der Waals surface area contributed by atoms with Gasteiger partial charge in [-0.2, -0.15) is 0 Å². The first kappa shape index (κ1) is 12.5. The molecule has 17 heavy (non-hydrogen) atoms. The van der Waals surface area contributed by atoms with Crippen LogP contribution in [0.2, 0.25) is 5.02 Å². The van der Waals surface area contributed by atoms with Gasteiger partial charge in [0.2, 0.25) is 0 Å². The number of aliphatic hydroxyl groups excluding tert-OH is 1. The summed E-state index contributed by atoms with van der Waals surface area (Å²) in [7, 11) is 5.79. The van der Waals surface area contributed by atoms with Gasteiger partial charge in [0.25, 0.3) is 0 Å². The lowest BCUT2D eigenvalue weighted by molar-refractivity contribution is 0.142. The highest BCUT2D eigenvalue weighted by molar-refractivity contribution is 6.37. The molecule has 0 saturated heterocycles. The zero-order chi connectivity index (χ0) is 12.6. The third-order valence-corrected chi connectivity index (χ3v) is 3.19. The van der Waals surface area contributed by atoms with Crippen molar-refractivity contribution >= 4 is 35.8 Å². The lowest BCUT2D eigenvalue weighted by Gasteiger charge is -2.22. The second kappa shape index (κ2) is 4.39. The average Bonchev–Trinajstić information content (AvgIpc) is 2.55. The average molecular weight is 248 g/mol. The maximum atomic E-state index is 9.32. The Bertz CT molecular complexity index is 548. The predicted molar refractivity (Wildman–Crippen MR) is 73.2 cm³/mol. The first-order valence-electron chi connectivity index (χ1n) is 5.58. The molecule has 0 unspecified atom stereocenters. The summed E-state index contributed by atoms with van der Waals surface area (Å²) in [4.78, 5) is 0. The molecule has 0 fully saturated rings. The van der Waals surface area contributed by atoms with E-state index in [9.17, 15) is 5.11 Å². The molecule has 2 nitrogen and oxygen atoms in total. The van der Waals surface area contributed by atoms with Gasteiger partial charge in [0.15, 0.2) is 0 Å². The Morgan fingerprint density at radius 3 is 2.76 bits per heavy atom. The first-order chi connectivity index (χ1) is 7.93. The lowest BCUT2D eigenvalue weighted by atomic mass is 9.94. The molecule has 0 bridgehead atoms. The molecule has 2 radical (unpaired) electrons. The Balaban J connectivity index is 2.51. The number of nitrogens with zero attached hydrogens (tertiary/aromatic N) is 1. The van der Waals surface area contributed by atoms with Crippen LogP contribution in [0.1, 0.15) is 13.8 Å². The SMILES string of the molecule is [B]c1ccc2c(Cl)cn(CC(C)(C)CO)c2c1. The molecule has 0 aliphatic heterocycles. The molecule has 0 saturated carbocycles. The number of benzene rings is 1. The molecule has 0 aliphatic carbocycles. The first-order valence-corrected chi connectivity index (χ1v) is 5.95. The molecule has 1 heterocycles. The van der Waals surface area contributed by atoms with E-state index in [0.29, 0.717) is 11.6 Å². The summed E-state index contributed by atoms with van der Waals surface area (Å²) in [6.07, 6.45) is 1.89. The fourth-order valence-corrected chi connectivity index (χ4v) is 2.18. The Hall–Kier alpha value is -0.925. The highest BCUT2D eigenvalue weighted by Gasteiger charge is 2.19. The van der Waals surface area contributed by atoms with Gasteiger partial charge >= 0.3 is 0 Å². The van der Waals surface area contributed by atoms with Crippen LogP contribution in [0.3, 0.4) is 0 Å². The standard InChI is InChI=1S/C13H15BClNO/c1-13(2,8-17)7-16-6-11(15)10-4-3-9(14)5-12(10)16/h3-6,17H,7-8H2,1-2H3. The van der Waals surface area contributed by atoms with E-state index < -0.39 is 0 Å². The summed E-state index contributed by atoms with van der Waals surface area (Å²) in [5, 5.41) is 11.0. The van der Waals surface area contributed by atoms with E-state index in [0.717, 1.165) is 16.4 Å². The zero-order valence-electron chi connectivity index (χ0n) is 10.1. The molecule has 88 valence electrons. The van der Waals surface area contributed by atoms with Crippen molar-refractivity contribution in [1.82, 2.24) is 4.57 Å². The van der Waals surface area contributed by atoms with Crippen molar-refractivity contribution in [2.45, 2.75) is 20.4 Å². The van der Waals surface area contributed by atoms with Crippen LogP contribution in [0.5, 0.6) is 0 Å². The minimum Gasteiger partial charge on any atom is -0.396 e. The maximum Gasteiger partial charge on any atom is 0.113 e. The number of hydrogen-bond donors (Lipinski definition) is 1. The minimum absolute atomic E-state index is 0.132. The number of aliphatic hydroxyl groups is 1. The van der Waals surface area contributed by atoms with E-state index in [-0.39, 0.29) is 12.0 Å². The summed E-state index contributed by atoms with van der Waals surface area (Å²) in [5.41, 5.74) is 1.55. The van der Waals surface area contributed by atoms with Gasteiger partial charge in [0.05, 0.1) is 5.02 Å². The van der Waals surface area contributed by atoms with E-state index in [1.165, 1.54) is 0 Å². The van der Waals surface area contributed by atoms with Crippen molar-refractivity contribution in [1.29, 1.82) is 0 Å². The predicted octanol–water partition coefficient (Wildman–Crippen LogP) is 2.11. The molecule has 4 heteroatoms. The van der Waals surface area contributed by atoms with Crippen LogP contribution in [0.15, 0.2) is 24.4 Å². The van der Waals surface area contributed by atoms with Gasteiger partial charge in [-0.1, -0.05) is 43.0 Å². The van der Waals surface area contributed by atoms with Crippen molar-refractivity contribution in [2.24, 2.45) is 5.41 Å². The molecule has 0 spiro atoms. The normalized spacial score (nSPS) is 12.2. The molecule has 1 N–H and O–H groups in total. The van der Waals surface area contributed by atoms with Crippen LogP contribution in [-0.4, -0.2) is 24.1 Å². The van der Waals surface area contributed by atoms with Crippen LogP contribution in [-0.2, 0) is 6.54 Å². The fraction of sp³-hybridized carbons (Fsp3) is 0.385. The molecule has 0 aliphatic rings. The number of hydrogen-bond acceptors (Lipinski definition) is 1. The Labute approximate surface area is 108 Å². The number of rotatable bonds is 3. The zero-order valence-corrected chi connectivity index (χ0v) is 10.8. The highest BCUT2D eigenvalue weighted by Crippen LogP contribution is 2.28. The quantitative estimate of drug-likeness (QED) is 0.826. The third kappa shape index (κ3) is 2.50. The van der Waals surface area contributed by atoms with Crippen LogP contribution in [0.4, 0.5) is 0 Å². The van der Waals surface area contributed by atoms with Crippen LogP contribution >= 0.6 is 11.6 Å². The Morgan fingerprint density at radius 2 is 2.12 bits per heavy atom. The van der Waals surface area contributed by atoms with E-state index >= 15 is 0 Å². The van der Waals surface area contributed by atoms with E-state index in [2.05, 4.69) is 0 Å². The molecular weight excluding hydrogens is 232 g/mol. The lowest BCUT2D eigenvalue weighted by Crippen LogP contribution is -2.23. The molecule has 2 aromatic rings. The van der Waals surface area contributed by atoms with Crippen molar-refractivity contribution < 1.29 is 5.11 Å². The Kier molecular flexibility index (Phi) is 3.24. The van der Waals surface area contributed by atoms with Crippen LogP contribution < -0.4 is 5.46 Å². The van der Waals surface area contributed by atoms with Crippen molar-refractivity contribution in [3.8, 4) is 0 Å². The van der Waals surface area contributed by atoms with Crippen molar-refractivity contribution in [3.63, 3.8) is 0 Å². The third-order valence-electron chi connectivity index (χ3n) is 2.88. The molecular formula is C13H15BClNO. The van der Waals surface area contributed by atoms with Gasteiger partial charge in [-0.25, -0.2) is 0 Å². The van der Waals surface area contributed by atoms with Gasteiger partial charge in [-0.05, 0) is 6.07 Å². The monoisotopic (exact) mass is 247 g/mol. The summed E-state index contributed by atoms with van der Waals surface area (Å²) in [6, 6.07) is 5.68. The van der Waals surface area contributed by atoms with Gasteiger partial charge < -0.3 is 9.67 Å². The van der Waals surface area contributed by atoms with Gasteiger partial charge in [0.1, 0.15) is 7.85 Å². The second-order valence-electron chi connectivity index (χ2n) is 5.20. The summed E-state index contributed by atoms with van der Waals surface area (Å²) in [5.74, 6) is 0. The number of aromatic nitrogens is 1. The number of fused-ring (bicyclic) bond motifs is 1. The molecule has 1 aromatic heterocycles. The summed E-state index contributed by atoms with van der Waals surface area (Å²) >= 11 is 6.18. The van der Waals surface area contributed by atoms with Gasteiger partial charge in [-0.15, -0.1) is 0 Å². The van der Waals surface area contributed by atoms with Gasteiger partial charge in [0, 0.05) is 35.7 Å². The van der Waals surface area contributed by atoms with E-state index in [4.69, 9.17) is 19.4 Å². The van der Waals surface area contributed by atoms with Crippen molar-refractivity contribution in [2.75, 3.05) is 6.61 Å². The largest absolute Gasteiger partial charge is 0.396 e. The van der Waals surface area contributed by atoms with Crippen molar-refractivity contribution in [3.05, 3.63) is 29.4 Å². The molecule has 2 rings (SSSR count). The smallest absolute Gasteiger partial charge is 0.113 e. The van der Waals surface area contributed by atoms with Crippen LogP contribution in [0.25, 0.3) is 10.9 Å². The minimum atomic E-state index is -0.181. The fourth-order valence-electron chi connectivity index (χ4n) is 1.91. The number of halogens is 1. The van der Waals surface area contributed by atoms with Crippen LogP contribution in [0, 0.1) is 5.41 Å².